The summed E-state index contributed by atoms with van der Waals surface area (Å²) in [5.74, 6) is -0.821. The van der Waals surface area contributed by atoms with E-state index in [1.54, 1.807) is 0 Å². The highest BCUT2D eigenvalue weighted by Crippen LogP contribution is 2.56. The number of fused-ring (bicyclic) bond motifs is 1. The summed E-state index contributed by atoms with van der Waals surface area (Å²) < 4.78 is 64.4. The van der Waals surface area contributed by atoms with Gasteiger partial charge >= 0.3 is 5.51 Å². The molecule has 0 fully saturated rings. The topological polar surface area (TPSA) is 37.9 Å². The first-order chi connectivity index (χ1) is 10.7. The summed E-state index contributed by atoms with van der Waals surface area (Å²) in [6.07, 6.45) is -1.83. The molecule has 1 aromatic heterocycles. The molecule has 1 aliphatic heterocycles. The van der Waals surface area contributed by atoms with Crippen molar-refractivity contribution in [2.75, 3.05) is 4.90 Å². The van der Waals surface area contributed by atoms with Crippen molar-refractivity contribution in [3.63, 3.8) is 0 Å². The zero-order chi connectivity index (χ0) is 16.9. The third-order valence-electron chi connectivity index (χ3n) is 3.12. The summed E-state index contributed by atoms with van der Waals surface area (Å²) in [6.45, 7) is 0. The summed E-state index contributed by atoms with van der Waals surface area (Å²) in [4.78, 5) is 13.2. The Kier molecular flexibility index (Phi) is 3.58. The second-order valence-corrected chi connectivity index (χ2v) is 5.82. The van der Waals surface area contributed by atoms with Gasteiger partial charge in [-0.2, -0.15) is 18.3 Å². The van der Waals surface area contributed by atoms with Gasteiger partial charge in [-0.25, -0.2) is 8.78 Å². The molecule has 0 saturated heterocycles. The SMILES string of the molecule is Cn1cc(C(=O)N2c3cccc(SC(F)(F)F)c32)c(C(F)F)n1. The molecule has 1 aromatic carbocycles. The van der Waals surface area contributed by atoms with Gasteiger partial charge in [-0.15, -0.1) is 0 Å². The fourth-order valence-electron chi connectivity index (χ4n) is 2.24. The molecule has 0 spiro atoms. The van der Waals surface area contributed by atoms with Crippen LogP contribution in [-0.4, -0.2) is 21.2 Å². The molecule has 3 rings (SSSR count). The minimum absolute atomic E-state index is 0.0869. The molecule has 1 aliphatic rings. The molecule has 23 heavy (non-hydrogen) atoms. The van der Waals surface area contributed by atoms with Gasteiger partial charge in [0.2, 0.25) is 0 Å². The standard InChI is InChI=1S/C13H8F5N3OS/c1-20-5-6(9(19-20)11(14)15)12(22)21-7-3-2-4-8(10(7)21)23-13(16,17)18/h2-5,11H,1H3. The van der Waals surface area contributed by atoms with Crippen LogP contribution in [0.15, 0.2) is 29.3 Å². The Hall–Kier alpha value is -2.10. The molecule has 0 atom stereocenters. The molecular formula is C13H8F5N3OS. The van der Waals surface area contributed by atoms with Crippen molar-refractivity contribution in [1.29, 1.82) is 0 Å². The van der Waals surface area contributed by atoms with Crippen molar-refractivity contribution >= 4 is 29.0 Å². The Bertz CT molecular complexity index is 786. The number of amides is 1. The van der Waals surface area contributed by atoms with Crippen LogP contribution in [0, 0.1) is 0 Å². The lowest BCUT2D eigenvalue weighted by Crippen LogP contribution is -2.15. The van der Waals surface area contributed by atoms with Crippen LogP contribution in [0.4, 0.5) is 33.3 Å². The Morgan fingerprint density at radius 2 is 2.00 bits per heavy atom. The van der Waals surface area contributed by atoms with Crippen LogP contribution in [-0.2, 0) is 7.05 Å². The number of nitrogens with zero attached hydrogens (tertiary/aromatic N) is 3. The number of hydrogen-bond donors (Lipinski definition) is 0. The van der Waals surface area contributed by atoms with Crippen LogP contribution < -0.4 is 4.90 Å². The normalized spacial score (nSPS) is 13.4. The van der Waals surface area contributed by atoms with Gasteiger partial charge < -0.3 is 0 Å². The lowest BCUT2D eigenvalue weighted by Gasteiger charge is -2.05. The molecule has 122 valence electrons. The molecule has 0 aliphatic carbocycles. The Morgan fingerprint density at radius 1 is 1.30 bits per heavy atom. The first-order valence-corrected chi connectivity index (χ1v) is 7.05. The quantitative estimate of drug-likeness (QED) is 0.472. The van der Waals surface area contributed by atoms with Gasteiger partial charge in [0.15, 0.2) is 0 Å². The second-order valence-electron chi connectivity index (χ2n) is 4.71. The van der Waals surface area contributed by atoms with Gasteiger partial charge in [0.05, 0.1) is 16.9 Å². The number of thioether (sulfide) groups is 1. The maximum atomic E-state index is 12.9. The van der Waals surface area contributed by atoms with Crippen molar-refractivity contribution in [2.45, 2.75) is 16.8 Å². The average Bonchev–Trinajstić information content (AvgIpc) is 3.03. The van der Waals surface area contributed by atoms with E-state index in [2.05, 4.69) is 5.10 Å². The average molecular weight is 349 g/mol. The van der Waals surface area contributed by atoms with Gasteiger partial charge in [-0.05, 0) is 23.9 Å². The van der Waals surface area contributed by atoms with Gasteiger partial charge in [-0.3, -0.25) is 14.4 Å². The van der Waals surface area contributed by atoms with Gasteiger partial charge in [0.1, 0.15) is 5.69 Å². The molecule has 0 radical (unpaired) electrons. The molecular weight excluding hydrogens is 341 g/mol. The van der Waals surface area contributed by atoms with Crippen molar-refractivity contribution < 1.29 is 26.7 Å². The summed E-state index contributed by atoms with van der Waals surface area (Å²) in [5, 5.41) is 3.52. The number of carbonyl (C=O) groups is 1. The second kappa shape index (κ2) is 5.22. The molecule has 2 heterocycles. The molecule has 1 amide bonds. The van der Waals surface area contributed by atoms with Crippen LogP contribution in [0.2, 0.25) is 0 Å². The maximum Gasteiger partial charge on any atom is 0.446 e. The number of aryl methyl sites for hydroxylation is 1. The van der Waals surface area contributed by atoms with E-state index in [4.69, 9.17) is 0 Å². The summed E-state index contributed by atoms with van der Waals surface area (Å²) >= 11 is -0.351. The minimum atomic E-state index is -4.51. The fourth-order valence-corrected chi connectivity index (χ4v) is 2.93. The molecule has 0 unspecified atom stereocenters. The van der Waals surface area contributed by atoms with Crippen molar-refractivity contribution in [3.8, 4) is 0 Å². The lowest BCUT2D eigenvalue weighted by molar-refractivity contribution is -0.0327. The number of hydrogen-bond acceptors (Lipinski definition) is 3. The highest BCUT2D eigenvalue weighted by Gasteiger charge is 2.43. The van der Waals surface area contributed by atoms with Crippen molar-refractivity contribution in [1.82, 2.24) is 9.78 Å². The zero-order valence-corrected chi connectivity index (χ0v) is 12.3. The van der Waals surface area contributed by atoms with E-state index in [1.165, 1.54) is 25.2 Å². The molecule has 0 saturated carbocycles. The van der Waals surface area contributed by atoms with Crippen LogP contribution in [0.25, 0.3) is 0 Å². The van der Waals surface area contributed by atoms with E-state index in [0.717, 1.165) is 15.8 Å². The highest BCUT2D eigenvalue weighted by atomic mass is 32.2. The Balaban J connectivity index is 1.92. The number of halogens is 5. The van der Waals surface area contributed by atoms with E-state index in [0.29, 0.717) is 0 Å². The van der Waals surface area contributed by atoms with Crippen molar-refractivity contribution in [2.24, 2.45) is 7.05 Å². The number of alkyl halides is 5. The van der Waals surface area contributed by atoms with E-state index in [1.807, 2.05) is 0 Å². The molecule has 2 aromatic rings. The lowest BCUT2D eigenvalue weighted by atomic mass is 10.2. The van der Waals surface area contributed by atoms with Crippen LogP contribution in [0.1, 0.15) is 22.5 Å². The monoisotopic (exact) mass is 349 g/mol. The van der Waals surface area contributed by atoms with E-state index < -0.39 is 23.5 Å². The third-order valence-corrected chi connectivity index (χ3v) is 3.90. The number of carbonyl (C=O) groups excluding carboxylic acids is 1. The summed E-state index contributed by atoms with van der Waals surface area (Å²) in [7, 11) is 1.38. The maximum absolute atomic E-state index is 12.9. The summed E-state index contributed by atoms with van der Waals surface area (Å²) in [6, 6.07) is 4.05. The Labute approximate surface area is 130 Å². The third kappa shape index (κ3) is 2.90. The van der Waals surface area contributed by atoms with Gasteiger partial charge in [0, 0.05) is 18.1 Å². The largest absolute Gasteiger partial charge is 0.446 e. The smallest absolute Gasteiger partial charge is 0.275 e. The van der Waals surface area contributed by atoms with Gasteiger partial charge in [0.25, 0.3) is 12.3 Å². The fraction of sp³-hybridized carbons (Fsp3) is 0.231. The number of rotatable bonds is 3. The molecule has 0 N–H and O–H groups in total. The molecule has 4 nitrogen and oxygen atoms in total. The minimum Gasteiger partial charge on any atom is -0.275 e. The van der Waals surface area contributed by atoms with Gasteiger partial charge in [-0.1, -0.05) is 6.07 Å². The van der Waals surface area contributed by atoms with Crippen LogP contribution in [0.3, 0.4) is 0 Å². The molecule has 10 heteroatoms. The number of aromatic nitrogens is 2. The predicted molar refractivity (Wildman–Crippen MR) is 73.0 cm³/mol. The predicted octanol–water partition coefficient (Wildman–Crippen LogP) is 4.26. The first kappa shape index (κ1) is 15.8. The molecule has 0 bridgehead atoms. The van der Waals surface area contributed by atoms with E-state index in [-0.39, 0.29) is 33.6 Å². The number of anilines is 2. The number of benzene rings is 1. The zero-order valence-electron chi connectivity index (χ0n) is 11.4. The Morgan fingerprint density at radius 3 is 2.61 bits per heavy atom. The van der Waals surface area contributed by atoms with E-state index in [9.17, 15) is 26.7 Å². The highest BCUT2D eigenvalue weighted by molar-refractivity contribution is 8.00. The van der Waals surface area contributed by atoms with Crippen molar-refractivity contribution in [3.05, 3.63) is 35.7 Å². The van der Waals surface area contributed by atoms with Crippen LogP contribution in [0.5, 0.6) is 0 Å². The summed E-state index contributed by atoms with van der Waals surface area (Å²) in [5.41, 5.74) is -5.17. The van der Waals surface area contributed by atoms with E-state index >= 15 is 0 Å². The first-order valence-electron chi connectivity index (χ1n) is 6.24. The number of para-hydroxylation sites is 1. The van der Waals surface area contributed by atoms with Crippen LogP contribution >= 0.6 is 11.8 Å².